The van der Waals surface area contributed by atoms with Crippen molar-refractivity contribution in [1.29, 1.82) is 0 Å². The van der Waals surface area contributed by atoms with Crippen LogP contribution in [0, 0.1) is 0 Å². The summed E-state index contributed by atoms with van der Waals surface area (Å²) in [5.74, 6) is 0. The summed E-state index contributed by atoms with van der Waals surface area (Å²) in [4.78, 5) is 4.02. The summed E-state index contributed by atoms with van der Waals surface area (Å²) in [6.07, 6.45) is 8.11. The molecule has 0 amide bonds. The first-order valence-electron chi connectivity index (χ1n) is 6.47. The minimum absolute atomic E-state index is 0.162. The summed E-state index contributed by atoms with van der Waals surface area (Å²) in [6, 6.07) is 8.18. The molecular formula is C15H15ClN4. The van der Waals surface area contributed by atoms with Crippen LogP contribution in [0.4, 0.5) is 0 Å². The second kappa shape index (κ2) is 5.61. The van der Waals surface area contributed by atoms with Gasteiger partial charge in [-0.3, -0.25) is 4.98 Å². The first-order chi connectivity index (χ1) is 9.79. The van der Waals surface area contributed by atoms with Gasteiger partial charge in [0.1, 0.15) is 0 Å². The van der Waals surface area contributed by atoms with E-state index in [-0.39, 0.29) is 6.04 Å². The first kappa shape index (κ1) is 13.1. The van der Waals surface area contributed by atoms with E-state index in [2.05, 4.69) is 21.5 Å². The second-order valence-corrected chi connectivity index (χ2v) is 5.05. The van der Waals surface area contributed by atoms with Crippen LogP contribution in [0.25, 0.3) is 5.52 Å². The Morgan fingerprint density at radius 2 is 2.20 bits per heavy atom. The fourth-order valence-electron chi connectivity index (χ4n) is 2.38. The normalized spacial score (nSPS) is 12.7. The van der Waals surface area contributed by atoms with Gasteiger partial charge in [0.2, 0.25) is 0 Å². The predicted octanol–water partition coefficient (Wildman–Crippen LogP) is 2.89. The molecule has 0 aliphatic rings. The highest BCUT2D eigenvalue weighted by Gasteiger charge is 2.16. The van der Waals surface area contributed by atoms with Gasteiger partial charge in [-0.25, -0.2) is 4.52 Å². The molecule has 1 atom stereocenters. The maximum absolute atomic E-state index is 6.19. The van der Waals surface area contributed by atoms with Crippen LogP contribution in [-0.4, -0.2) is 21.6 Å². The zero-order chi connectivity index (χ0) is 13.9. The van der Waals surface area contributed by atoms with Crippen LogP contribution in [0.3, 0.4) is 0 Å². The lowest BCUT2D eigenvalue weighted by molar-refractivity contribution is 0.596. The third-order valence-electron chi connectivity index (χ3n) is 3.46. The molecule has 0 spiro atoms. The molecule has 20 heavy (non-hydrogen) atoms. The number of hydrogen-bond donors (Lipinski definition) is 1. The smallest absolute Gasteiger partial charge is 0.0709 e. The van der Waals surface area contributed by atoms with Crippen molar-refractivity contribution in [2.24, 2.45) is 0 Å². The number of fused-ring (bicyclic) bond motifs is 1. The molecule has 3 rings (SSSR count). The Hall–Kier alpha value is -1.91. The second-order valence-electron chi connectivity index (χ2n) is 4.64. The molecule has 102 valence electrons. The molecule has 5 heteroatoms. The molecule has 0 saturated carbocycles. The van der Waals surface area contributed by atoms with E-state index in [0.717, 1.165) is 17.5 Å². The molecule has 3 heterocycles. The molecule has 4 nitrogen and oxygen atoms in total. The Morgan fingerprint density at radius 3 is 3.00 bits per heavy atom. The Kier molecular flexibility index (Phi) is 3.67. The predicted molar refractivity (Wildman–Crippen MR) is 79.9 cm³/mol. The van der Waals surface area contributed by atoms with E-state index < -0.39 is 0 Å². The Bertz CT molecular complexity index is 722. The van der Waals surface area contributed by atoms with Crippen molar-refractivity contribution in [2.75, 3.05) is 7.05 Å². The van der Waals surface area contributed by atoms with Crippen LogP contribution in [0.1, 0.15) is 17.2 Å². The molecule has 3 aromatic rings. The fraction of sp³-hybridized carbons (Fsp3) is 0.200. The zero-order valence-electron chi connectivity index (χ0n) is 11.1. The third kappa shape index (κ3) is 2.40. The lowest BCUT2D eigenvalue weighted by Gasteiger charge is -2.16. The average molecular weight is 287 g/mol. The molecule has 0 saturated heterocycles. The number of nitrogens with one attached hydrogen (secondary N) is 1. The standard InChI is InChI=1S/C15H15ClN4/c1-17-14(8-11-5-6-18-10-13(11)16)12-9-19-20-7-3-2-4-15(12)20/h2-7,9-10,14,17H,8H2,1H3. The molecule has 0 aliphatic heterocycles. The van der Waals surface area contributed by atoms with Crippen LogP contribution >= 0.6 is 11.6 Å². The van der Waals surface area contributed by atoms with E-state index in [0.29, 0.717) is 5.02 Å². The van der Waals surface area contributed by atoms with Crippen molar-refractivity contribution in [3.05, 3.63) is 65.2 Å². The maximum atomic E-state index is 6.19. The van der Waals surface area contributed by atoms with Crippen molar-refractivity contribution in [3.8, 4) is 0 Å². The first-order valence-corrected chi connectivity index (χ1v) is 6.85. The van der Waals surface area contributed by atoms with Crippen LogP contribution in [-0.2, 0) is 6.42 Å². The van der Waals surface area contributed by atoms with Crippen LogP contribution < -0.4 is 5.32 Å². The van der Waals surface area contributed by atoms with Gasteiger partial charge in [-0.05, 0) is 37.2 Å². The van der Waals surface area contributed by atoms with Gasteiger partial charge in [-0.1, -0.05) is 17.7 Å². The van der Waals surface area contributed by atoms with Crippen LogP contribution in [0.15, 0.2) is 49.1 Å². The lowest BCUT2D eigenvalue weighted by Crippen LogP contribution is -2.18. The number of nitrogens with zero attached hydrogens (tertiary/aromatic N) is 3. The summed E-state index contributed by atoms with van der Waals surface area (Å²) < 4.78 is 1.88. The van der Waals surface area contributed by atoms with Crippen LogP contribution in [0.2, 0.25) is 5.02 Å². The van der Waals surface area contributed by atoms with Crippen molar-refractivity contribution < 1.29 is 0 Å². The number of aromatic nitrogens is 3. The highest BCUT2D eigenvalue weighted by Crippen LogP contribution is 2.25. The summed E-state index contributed by atoms with van der Waals surface area (Å²) in [6.45, 7) is 0. The molecule has 0 bridgehead atoms. The lowest BCUT2D eigenvalue weighted by atomic mass is 10.0. The highest BCUT2D eigenvalue weighted by molar-refractivity contribution is 6.31. The SMILES string of the molecule is CNC(Cc1ccncc1Cl)c1cnn2ccccc12. The van der Waals surface area contributed by atoms with E-state index in [1.54, 1.807) is 12.4 Å². The van der Waals surface area contributed by atoms with E-state index in [1.807, 2.05) is 42.2 Å². The number of halogens is 1. The molecule has 1 N–H and O–H groups in total. The largest absolute Gasteiger partial charge is 0.313 e. The van der Waals surface area contributed by atoms with Gasteiger partial charge >= 0.3 is 0 Å². The summed E-state index contributed by atoms with van der Waals surface area (Å²) in [5.41, 5.74) is 3.36. The minimum atomic E-state index is 0.162. The summed E-state index contributed by atoms with van der Waals surface area (Å²) >= 11 is 6.19. The summed E-state index contributed by atoms with van der Waals surface area (Å²) in [7, 11) is 1.95. The Labute approximate surface area is 122 Å². The number of rotatable bonds is 4. The van der Waals surface area contributed by atoms with E-state index >= 15 is 0 Å². The topological polar surface area (TPSA) is 42.2 Å². The van der Waals surface area contributed by atoms with Crippen molar-refractivity contribution in [2.45, 2.75) is 12.5 Å². The van der Waals surface area contributed by atoms with Gasteiger partial charge in [0.25, 0.3) is 0 Å². The van der Waals surface area contributed by atoms with E-state index in [9.17, 15) is 0 Å². The van der Waals surface area contributed by atoms with Gasteiger partial charge < -0.3 is 5.32 Å². The quantitative estimate of drug-likeness (QED) is 0.802. The monoisotopic (exact) mass is 286 g/mol. The Morgan fingerprint density at radius 1 is 1.30 bits per heavy atom. The zero-order valence-corrected chi connectivity index (χ0v) is 11.9. The number of likely N-dealkylation sites (N-methyl/N-ethyl adjacent to an activating group) is 1. The molecule has 1 unspecified atom stereocenters. The molecule has 3 aromatic heterocycles. The van der Waals surface area contributed by atoms with Crippen molar-refractivity contribution in [3.63, 3.8) is 0 Å². The molecule has 0 radical (unpaired) electrons. The molecular weight excluding hydrogens is 272 g/mol. The summed E-state index contributed by atoms with van der Waals surface area (Å²) in [5, 5.41) is 8.42. The maximum Gasteiger partial charge on any atom is 0.0709 e. The average Bonchev–Trinajstić information content (AvgIpc) is 2.90. The number of hydrogen-bond acceptors (Lipinski definition) is 3. The van der Waals surface area contributed by atoms with Gasteiger partial charge in [0.05, 0.1) is 16.7 Å². The molecule has 0 aromatic carbocycles. The van der Waals surface area contributed by atoms with E-state index in [1.165, 1.54) is 5.56 Å². The minimum Gasteiger partial charge on any atom is -0.313 e. The van der Waals surface area contributed by atoms with E-state index in [4.69, 9.17) is 11.6 Å². The van der Waals surface area contributed by atoms with Crippen LogP contribution in [0.5, 0.6) is 0 Å². The molecule has 0 aliphatic carbocycles. The fourth-order valence-corrected chi connectivity index (χ4v) is 2.58. The van der Waals surface area contributed by atoms with Gasteiger partial charge in [0, 0.05) is 30.2 Å². The Balaban J connectivity index is 1.96. The van der Waals surface area contributed by atoms with Gasteiger partial charge in [-0.15, -0.1) is 0 Å². The van der Waals surface area contributed by atoms with Crippen molar-refractivity contribution >= 4 is 17.1 Å². The molecule has 0 fully saturated rings. The highest BCUT2D eigenvalue weighted by atomic mass is 35.5. The van der Waals surface area contributed by atoms with Gasteiger partial charge in [0.15, 0.2) is 0 Å². The third-order valence-corrected chi connectivity index (χ3v) is 3.80. The van der Waals surface area contributed by atoms with Crippen molar-refractivity contribution in [1.82, 2.24) is 19.9 Å². The number of pyridine rings is 2. The van der Waals surface area contributed by atoms with Gasteiger partial charge in [-0.2, -0.15) is 5.10 Å².